The van der Waals surface area contributed by atoms with E-state index in [2.05, 4.69) is 10.5 Å². The third kappa shape index (κ3) is 6.20. The number of esters is 1. The number of halogens is 2. The predicted molar refractivity (Wildman–Crippen MR) is 185 cm³/mol. The molecule has 53 heavy (non-hydrogen) atoms. The molecular formula is C32H32F2N8O9S2. The van der Waals surface area contributed by atoms with Gasteiger partial charge in [0.15, 0.2) is 11.5 Å². The molecule has 0 bridgehead atoms. The summed E-state index contributed by atoms with van der Waals surface area (Å²) >= 11 is 1.88. The molecule has 5 heterocycles. The van der Waals surface area contributed by atoms with Gasteiger partial charge in [-0.2, -0.15) is 4.73 Å². The highest BCUT2D eigenvalue weighted by atomic mass is 32.2. The number of hydrogen-bond acceptors (Lipinski definition) is 14. The zero-order chi connectivity index (χ0) is 37.9. The summed E-state index contributed by atoms with van der Waals surface area (Å²) < 4.78 is 38.9. The van der Waals surface area contributed by atoms with Crippen molar-refractivity contribution < 1.29 is 47.8 Å². The van der Waals surface area contributed by atoms with Gasteiger partial charge < -0.3 is 40.4 Å². The Balaban J connectivity index is 1.11. The molecule has 3 fully saturated rings. The topological polar surface area (TPSA) is 235 Å². The molecule has 6 N–H and O–H groups in total. The number of aliphatic carboxylic acids is 1. The molecule has 0 spiro atoms. The number of carboxylic acids is 1. The minimum atomic E-state index is -1.51. The second-order valence-electron chi connectivity index (χ2n) is 12.8. The van der Waals surface area contributed by atoms with E-state index in [9.17, 15) is 34.3 Å². The Morgan fingerprint density at radius 1 is 1.21 bits per heavy atom. The molecule has 21 heteroatoms. The van der Waals surface area contributed by atoms with E-state index in [1.54, 1.807) is 4.90 Å². The standard InChI is InChI=1S/C32H32F2N8O9S2/c1-50-38-21(19-12-53-32(36)42(19)49)27(44)37-22-28(45)41-23(30(46)47)14(11-52-29(22)41)10-51-31(48)17-9-40(15-2-3-15)24-16(26(17)43)6-18(33)25(20(24)34)39-5-4-13(7-35)8-39/h6,9,12-13,15,22,29,36,49H,2-5,7-8,10-11,35H2,1H3,(H,37,44)(H,46,47)/t13?,22-,29-/m1/s1. The highest BCUT2D eigenvalue weighted by Gasteiger charge is 2.54. The highest BCUT2D eigenvalue weighted by Crippen LogP contribution is 2.42. The van der Waals surface area contributed by atoms with Crippen LogP contribution in [-0.4, -0.2) is 104 Å². The van der Waals surface area contributed by atoms with E-state index in [-0.39, 0.29) is 50.4 Å². The molecule has 0 radical (unpaired) electrons. The van der Waals surface area contributed by atoms with Crippen LogP contribution in [0.4, 0.5) is 14.5 Å². The first-order valence-electron chi connectivity index (χ1n) is 16.3. The maximum absolute atomic E-state index is 16.1. The maximum atomic E-state index is 16.1. The molecule has 280 valence electrons. The number of hydrogen-bond donors (Lipinski definition) is 5. The van der Waals surface area contributed by atoms with E-state index in [0.717, 1.165) is 41.2 Å². The minimum Gasteiger partial charge on any atom is -0.477 e. The van der Waals surface area contributed by atoms with Crippen molar-refractivity contribution >= 4 is 69.2 Å². The van der Waals surface area contributed by atoms with Gasteiger partial charge in [-0.05, 0) is 37.8 Å². The van der Waals surface area contributed by atoms with E-state index in [0.29, 0.717) is 43.6 Å². The van der Waals surface area contributed by atoms with Crippen LogP contribution in [0.5, 0.6) is 0 Å². The Bertz CT molecular complexity index is 2270. The number of pyridine rings is 1. The van der Waals surface area contributed by atoms with Gasteiger partial charge in [0, 0.05) is 42.0 Å². The summed E-state index contributed by atoms with van der Waals surface area (Å²) in [5.41, 5.74) is 2.87. The van der Waals surface area contributed by atoms with E-state index < -0.39 is 75.8 Å². The molecule has 3 atom stereocenters. The van der Waals surface area contributed by atoms with Crippen LogP contribution < -0.4 is 26.2 Å². The zero-order valence-electron chi connectivity index (χ0n) is 27.8. The van der Waals surface area contributed by atoms with E-state index in [1.807, 2.05) is 0 Å². The molecule has 17 nitrogen and oxygen atoms in total. The largest absolute Gasteiger partial charge is 0.477 e. The fourth-order valence-corrected chi connectivity index (χ4v) is 8.70. The van der Waals surface area contributed by atoms with Crippen molar-refractivity contribution in [3.63, 3.8) is 0 Å². The molecule has 7 rings (SSSR count). The van der Waals surface area contributed by atoms with Gasteiger partial charge in [-0.3, -0.25) is 24.7 Å². The summed E-state index contributed by atoms with van der Waals surface area (Å²) in [6.45, 7) is 0.489. The van der Waals surface area contributed by atoms with Crippen molar-refractivity contribution in [3.8, 4) is 0 Å². The van der Waals surface area contributed by atoms with E-state index in [4.69, 9.17) is 20.7 Å². The van der Waals surface area contributed by atoms with Crippen molar-refractivity contribution in [2.24, 2.45) is 16.8 Å². The van der Waals surface area contributed by atoms with Crippen molar-refractivity contribution in [1.82, 2.24) is 19.5 Å². The smallest absolute Gasteiger partial charge is 0.352 e. The third-order valence-corrected chi connectivity index (χ3v) is 11.6. The molecule has 1 unspecified atom stereocenters. The van der Waals surface area contributed by atoms with Gasteiger partial charge in [-0.25, -0.2) is 18.4 Å². The molecule has 3 aromatic rings. The lowest BCUT2D eigenvalue weighted by Gasteiger charge is -2.49. The number of amides is 2. The summed E-state index contributed by atoms with van der Waals surface area (Å²) in [4.78, 5) is 72.6. The number of anilines is 1. The average molecular weight is 775 g/mol. The van der Waals surface area contributed by atoms with Crippen LogP contribution in [-0.2, 0) is 24.0 Å². The molecule has 4 aliphatic rings. The maximum Gasteiger partial charge on any atom is 0.352 e. The summed E-state index contributed by atoms with van der Waals surface area (Å²) in [6.07, 6.45) is 3.12. The van der Waals surface area contributed by atoms with Gasteiger partial charge in [-0.1, -0.05) is 5.16 Å². The zero-order valence-corrected chi connectivity index (χ0v) is 29.5. The Morgan fingerprint density at radius 3 is 2.58 bits per heavy atom. The van der Waals surface area contributed by atoms with Crippen LogP contribution in [0.1, 0.15) is 41.4 Å². The van der Waals surface area contributed by atoms with Crippen molar-refractivity contribution in [2.45, 2.75) is 36.7 Å². The Kier molecular flexibility index (Phi) is 9.49. The fourth-order valence-electron chi connectivity index (χ4n) is 6.74. The van der Waals surface area contributed by atoms with Gasteiger partial charge in [0.2, 0.25) is 10.2 Å². The average Bonchev–Trinajstić information content (AvgIpc) is 3.79. The number of β-lactam (4-membered cyclic amide) rings is 1. The third-order valence-electron chi connectivity index (χ3n) is 9.54. The van der Waals surface area contributed by atoms with Gasteiger partial charge in [0.05, 0.1) is 10.9 Å². The molecule has 1 aromatic carbocycles. The van der Waals surface area contributed by atoms with Gasteiger partial charge in [0.1, 0.15) is 53.6 Å². The number of aromatic nitrogens is 2. The second-order valence-corrected chi connectivity index (χ2v) is 14.8. The van der Waals surface area contributed by atoms with Crippen LogP contribution >= 0.6 is 23.1 Å². The number of nitrogens with zero attached hydrogens (tertiary/aromatic N) is 5. The minimum absolute atomic E-state index is 0.0286. The normalized spacial score (nSPS) is 21.5. The molecule has 1 saturated carbocycles. The van der Waals surface area contributed by atoms with E-state index in [1.165, 1.54) is 16.1 Å². The number of nitrogens with two attached hydrogens (primary N) is 1. The molecule has 2 aromatic heterocycles. The number of carbonyl (C=O) groups is 4. The van der Waals surface area contributed by atoms with E-state index >= 15 is 8.78 Å². The number of carboxylic acid groups (broad SMARTS) is 1. The fraction of sp³-hybridized carbons (Fsp3) is 0.406. The monoisotopic (exact) mass is 774 g/mol. The van der Waals surface area contributed by atoms with Crippen LogP contribution in [0, 0.1) is 23.0 Å². The number of nitrogens with one attached hydrogen (secondary N) is 2. The number of oxime groups is 1. The quantitative estimate of drug-likeness (QED) is 0.0602. The summed E-state index contributed by atoms with van der Waals surface area (Å²) in [6, 6.07) is -0.525. The Morgan fingerprint density at radius 2 is 1.96 bits per heavy atom. The number of thioether (sulfide) groups is 1. The molecule has 3 aliphatic heterocycles. The Hall–Kier alpha value is -5.28. The van der Waals surface area contributed by atoms with Gasteiger partial charge >= 0.3 is 11.9 Å². The van der Waals surface area contributed by atoms with Crippen LogP contribution in [0.2, 0.25) is 0 Å². The highest BCUT2D eigenvalue weighted by molar-refractivity contribution is 8.00. The first-order chi connectivity index (χ1) is 25.4. The SMILES string of the molecule is CON=C(C(=O)N[C@@H]1C(=O)N2C(C(=O)O)=C(COC(=O)c3cn(C4CC4)c4c(F)c(N5CCC(CN)C5)c(F)cc4c3=O)CS[C@H]12)c1csc(=N)n1O. The summed E-state index contributed by atoms with van der Waals surface area (Å²) in [5.74, 6) is -6.25. The van der Waals surface area contributed by atoms with Gasteiger partial charge in [0.25, 0.3) is 11.8 Å². The molecular weight excluding hydrogens is 743 g/mol. The van der Waals surface area contributed by atoms with Crippen molar-refractivity contribution in [2.75, 3.05) is 44.0 Å². The predicted octanol–water partition coefficient (Wildman–Crippen LogP) is 0.925. The van der Waals surface area contributed by atoms with Crippen molar-refractivity contribution in [1.29, 1.82) is 5.41 Å². The van der Waals surface area contributed by atoms with Gasteiger partial charge in [-0.15, -0.1) is 23.1 Å². The molecule has 2 amide bonds. The number of fused-ring (bicyclic) bond motifs is 2. The number of benzene rings is 1. The lowest BCUT2D eigenvalue weighted by atomic mass is 10.0. The number of rotatable bonds is 11. The lowest BCUT2D eigenvalue weighted by Crippen LogP contribution is -2.71. The first kappa shape index (κ1) is 36.1. The lowest BCUT2D eigenvalue weighted by molar-refractivity contribution is -0.150. The first-order valence-corrected chi connectivity index (χ1v) is 18.2. The second kappa shape index (κ2) is 13.9. The summed E-state index contributed by atoms with van der Waals surface area (Å²) in [5, 5.41) is 34.0. The van der Waals surface area contributed by atoms with Crippen LogP contribution in [0.25, 0.3) is 10.9 Å². The van der Waals surface area contributed by atoms with Crippen LogP contribution in [0.15, 0.2) is 38.9 Å². The molecule has 2 saturated heterocycles. The van der Waals surface area contributed by atoms with Crippen LogP contribution in [0.3, 0.4) is 0 Å². The van der Waals surface area contributed by atoms with Crippen molar-refractivity contribution in [3.05, 3.63) is 66.8 Å². The Labute approximate surface area is 305 Å². The number of ether oxygens (including phenoxy) is 1. The molecule has 1 aliphatic carbocycles. The summed E-state index contributed by atoms with van der Waals surface area (Å²) in [7, 11) is 1.15. The number of carbonyl (C=O) groups excluding carboxylic acids is 3. The number of thiazole rings is 1.